The van der Waals surface area contributed by atoms with Gasteiger partial charge in [-0.05, 0) is 54.7 Å². The number of nitrogens with zero attached hydrogens (tertiary/aromatic N) is 3. The first-order valence-corrected chi connectivity index (χ1v) is 12.8. The number of rotatable bonds is 7. The van der Waals surface area contributed by atoms with Crippen LogP contribution in [0.3, 0.4) is 0 Å². The fourth-order valence-corrected chi connectivity index (χ4v) is 4.31. The highest BCUT2D eigenvalue weighted by Crippen LogP contribution is 2.18. The van der Waals surface area contributed by atoms with Crippen molar-refractivity contribution in [1.29, 1.82) is 0 Å². The molecular formula is C23H33N5O2S. The molecule has 0 bridgehead atoms. The summed E-state index contributed by atoms with van der Waals surface area (Å²) in [6.45, 7) is 3.54. The van der Waals surface area contributed by atoms with Crippen molar-refractivity contribution in [2.75, 3.05) is 37.8 Å². The van der Waals surface area contributed by atoms with Gasteiger partial charge in [0.15, 0.2) is 15.8 Å². The summed E-state index contributed by atoms with van der Waals surface area (Å²) in [7, 11) is -1.40. The van der Waals surface area contributed by atoms with E-state index in [0.29, 0.717) is 18.0 Å². The Morgan fingerprint density at radius 3 is 2.39 bits per heavy atom. The predicted octanol–water partition coefficient (Wildman–Crippen LogP) is 2.77. The molecule has 31 heavy (non-hydrogen) atoms. The molecule has 0 saturated carbocycles. The van der Waals surface area contributed by atoms with Crippen LogP contribution in [0.25, 0.3) is 0 Å². The van der Waals surface area contributed by atoms with Gasteiger partial charge in [-0.25, -0.2) is 13.4 Å². The van der Waals surface area contributed by atoms with Crippen molar-refractivity contribution in [3.05, 3.63) is 53.7 Å². The molecule has 0 radical (unpaired) electrons. The van der Waals surface area contributed by atoms with Crippen LogP contribution in [-0.4, -0.2) is 52.3 Å². The molecule has 1 aromatic carbocycles. The van der Waals surface area contributed by atoms with Gasteiger partial charge in [-0.3, -0.25) is 4.99 Å². The number of pyridine rings is 1. The van der Waals surface area contributed by atoms with Gasteiger partial charge in [-0.1, -0.05) is 25.0 Å². The van der Waals surface area contributed by atoms with Gasteiger partial charge < -0.3 is 15.5 Å². The van der Waals surface area contributed by atoms with E-state index in [9.17, 15) is 8.42 Å². The third-order valence-corrected chi connectivity index (χ3v) is 6.61. The molecule has 1 saturated heterocycles. The molecule has 1 fully saturated rings. The number of nitrogens with one attached hydrogen (secondary N) is 2. The standard InChI is InChI=1S/C23H33N5O2S/c1-24-23(26-14-11-19-7-9-21(10-8-19)31(2,29)30)27-18-20-12-13-25-22(17-20)28-15-5-3-4-6-16-28/h7-10,12-13,17H,3-6,11,14-16,18H2,1-2H3,(H2,24,26,27). The van der Waals surface area contributed by atoms with Crippen LogP contribution in [0.5, 0.6) is 0 Å². The molecule has 2 N–H and O–H groups in total. The maximum Gasteiger partial charge on any atom is 0.191 e. The van der Waals surface area contributed by atoms with Crippen LogP contribution in [0.1, 0.15) is 36.8 Å². The minimum absolute atomic E-state index is 0.346. The van der Waals surface area contributed by atoms with E-state index >= 15 is 0 Å². The van der Waals surface area contributed by atoms with Crippen molar-refractivity contribution in [3.63, 3.8) is 0 Å². The topological polar surface area (TPSA) is 86.7 Å². The van der Waals surface area contributed by atoms with Gasteiger partial charge in [0.05, 0.1) is 4.90 Å². The van der Waals surface area contributed by atoms with Crippen molar-refractivity contribution in [2.45, 2.75) is 43.5 Å². The molecular weight excluding hydrogens is 410 g/mol. The molecule has 0 amide bonds. The van der Waals surface area contributed by atoms with Crippen molar-refractivity contribution in [1.82, 2.24) is 15.6 Å². The highest BCUT2D eigenvalue weighted by Gasteiger charge is 2.11. The highest BCUT2D eigenvalue weighted by atomic mass is 32.2. The minimum Gasteiger partial charge on any atom is -0.357 e. The summed E-state index contributed by atoms with van der Waals surface area (Å²) in [5, 5.41) is 6.67. The first-order chi connectivity index (χ1) is 15.0. The van der Waals surface area contributed by atoms with E-state index in [-0.39, 0.29) is 0 Å². The van der Waals surface area contributed by atoms with Gasteiger partial charge in [0.1, 0.15) is 5.82 Å². The average molecular weight is 444 g/mol. The van der Waals surface area contributed by atoms with Crippen molar-refractivity contribution in [2.24, 2.45) is 4.99 Å². The summed E-state index contributed by atoms with van der Waals surface area (Å²) in [6.07, 6.45) is 8.96. The molecule has 2 aromatic rings. The molecule has 1 aliphatic rings. The van der Waals surface area contributed by atoms with Crippen LogP contribution >= 0.6 is 0 Å². The molecule has 0 atom stereocenters. The zero-order valence-electron chi connectivity index (χ0n) is 18.5. The molecule has 2 heterocycles. The van der Waals surface area contributed by atoms with Crippen LogP contribution in [0.4, 0.5) is 5.82 Å². The maximum absolute atomic E-state index is 11.6. The second-order valence-electron chi connectivity index (χ2n) is 7.94. The fourth-order valence-electron chi connectivity index (χ4n) is 3.68. The van der Waals surface area contributed by atoms with Crippen molar-refractivity contribution >= 4 is 21.6 Å². The quantitative estimate of drug-likeness (QED) is 0.506. The monoisotopic (exact) mass is 443 g/mol. The Morgan fingerprint density at radius 2 is 1.74 bits per heavy atom. The summed E-state index contributed by atoms with van der Waals surface area (Å²) in [6, 6.07) is 11.2. The first-order valence-electron chi connectivity index (χ1n) is 10.9. The van der Waals surface area contributed by atoms with E-state index in [4.69, 9.17) is 0 Å². The van der Waals surface area contributed by atoms with E-state index in [1.54, 1.807) is 19.2 Å². The lowest BCUT2D eigenvalue weighted by Gasteiger charge is -2.22. The number of anilines is 1. The molecule has 0 unspecified atom stereocenters. The van der Waals surface area contributed by atoms with E-state index in [0.717, 1.165) is 36.9 Å². The lowest BCUT2D eigenvalue weighted by atomic mass is 10.1. The van der Waals surface area contributed by atoms with Crippen molar-refractivity contribution in [3.8, 4) is 0 Å². The molecule has 8 heteroatoms. The Morgan fingerprint density at radius 1 is 1.03 bits per heavy atom. The predicted molar refractivity (Wildman–Crippen MR) is 126 cm³/mol. The number of guanidine groups is 1. The van der Waals surface area contributed by atoms with Crippen LogP contribution in [-0.2, 0) is 22.8 Å². The smallest absolute Gasteiger partial charge is 0.191 e. The third-order valence-electron chi connectivity index (χ3n) is 5.48. The summed E-state index contributed by atoms with van der Waals surface area (Å²) >= 11 is 0. The van der Waals surface area contributed by atoms with E-state index in [1.165, 1.54) is 37.5 Å². The molecule has 168 valence electrons. The van der Waals surface area contributed by atoms with Gasteiger partial charge in [-0.2, -0.15) is 0 Å². The van der Waals surface area contributed by atoms with Gasteiger partial charge >= 0.3 is 0 Å². The van der Waals surface area contributed by atoms with E-state index in [1.807, 2.05) is 24.4 Å². The first kappa shape index (κ1) is 23.1. The molecule has 7 nitrogen and oxygen atoms in total. The second kappa shape index (κ2) is 11.1. The Hall–Kier alpha value is -2.61. The minimum atomic E-state index is -3.16. The lowest BCUT2D eigenvalue weighted by Crippen LogP contribution is -2.37. The number of benzene rings is 1. The summed E-state index contributed by atoms with van der Waals surface area (Å²) in [5.74, 6) is 1.79. The van der Waals surface area contributed by atoms with Crippen LogP contribution in [0.2, 0.25) is 0 Å². The molecule has 1 aromatic heterocycles. The maximum atomic E-state index is 11.6. The molecule has 0 spiro atoms. The number of sulfone groups is 1. The van der Waals surface area contributed by atoms with Gasteiger partial charge in [-0.15, -0.1) is 0 Å². The summed E-state index contributed by atoms with van der Waals surface area (Å²) in [4.78, 5) is 11.6. The summed E-state index contributed by atoms with van der Waals surface area (Å²) < 4.78 is 23.1. The highest BCUT2D eigenvalue weighted by molar-refractivity contribution is 7.90. The number of hydrogen-bond donors (Lipinski definition) is 2. The Balaban J connectivity index is 1.48. The lowest BCUT2D eigenvalue weighted by molar-refractivity contribution is 0.602. The zero-order valence-corrected chi connectivity index (χ0v) is 19.3. The number of aromatic nitrogens is 1. The fraction of sp³-hybridized carbons (Fsp3) is 0.478. The molecule has 3 rings (SSSR count). The van der Waals surface area contributed by atoms with Crippen molar-refractivity contribution < 1.29 is 8.42 Å². The normalized spacial score (nSPS) is 15.4. The molecule has 1 aliphatic heterocycles. The number of aliphatic imine (C=N–C) groups is 1. The molecule has 0 aliphatic carbocycles. The third kappa shape index (κ3) is 7.24. The Kier molecular flexibility index (Phi) is 8.28. The van der Waals surface area contributed by atoms with Crippen LogP contribution in [0, 0.1) is 0 Å². The zero-order chi connectivity index (χ0) is 22.1. The summed E-state index contributed by atoms with van der Waals surface area (Å²) in [5.41, 5.74) is 2.25. The SMILES string of the molecule is CN=C(NCCc1ccc(S(C)(=O)=O)cc1)NCc1ccnc(N2CCCCCC2)c1. The largest absolute Gasteiger partial charge is 0.357 e. The van der Waals surface area contributed by atoms with E-state index in [2.05, 4.69) is 31.6 Å². The number of hydrogen-bond acceptors (Lipinski definition) is 5. The van der Waals surface area contributed by atoms with Crippen LogP contribution in [0.15, 0.2) is 52.5 Å². The van der Waals surface area contributed by atoms with Gasteiger partial charge in [0, 0.05) is 45.7 Å². The van der Waals surface area contributed by atoms with Gasteiger partial charge in [0.25, 0.3) is 0 Å². The van der Waals surface area contributed by atoms with Gasteiger partial charge in [0.2, 0.25) is 0 Å². The van der Waals surface area contributed by atoms with Crippen LogP contribution < -0.4 is 15.5 Å². The second-order valence-corrected chi connectivity index (χ2v) is 9.96. The van der Waals surface area contributed by atoms with E-state index < -0.39 is 9.84 Å². The Bertz CT molecular complexity index is 966. The average Bonchev–Trinajstić information content (AvgIpc) is 3.06. The Labute approximate surface area is 185 Å².